The maximum atomic E-state index is 8.01. The van der Waals surface area contributed by atoms with Gasteiger partial charge in [-0.3, -0.25) is 0 Å². The molecule has 0 aliphatic carbocycles. The van der Waals surface area contributed by atoms with Crippen molar-refractivity contribution >= 4 is 6.21 Å². The van der Waals surface area contributed by atoms with E-state index in [0.717, 1.165) is 43.9 Å². The van der Waals surface area contributed by atoms with E-state index in [4.69, 9.17) is 5.41 Å². The van der Waals surface area contributed by atoms with Crippen molar-refractivity contribution in [3.8, 4) is 0 Å². The van der Waals surface area contributed by atoms with Crippen LogP contribution in [-0.4, -0.2) is 25.8 Å². The Hall–Kier alpha value is -2.17. The van der Waals surface area contributed by atoms with E-state index >= 15 is 0 Å². The van der Waals surface area contributed by atoms with Crippen LogP contribution >= 0.6 is 0 Å². The van der Waals surface area contributed by atoms with Gasteiger partial charge in [-0.05, 0) is 67.5 Å². The van der Waals surface area contributed by atoms with Crippen molar-refractivity contribution in [1.29, 1.82) is 5.41 Å². The highest BCUT2D eigenvalue weighted by Gasteiger charge is 2.27. The molecule has 0 saturated carbocycles. The minimum absolute atomic E-state index is 0.204. The Labute approximate surface area is 177 Å². The van der Waals surface area contributed by atoms with Crippen molar-refractivity contribution in [2.24, 2.45) is 5.92 Å². The van der Waals surface area contributed by atoms with Gasteiger partial charge in [0, 0.05) is 37.1 Å². The first-order chi connectivity index (χ1) is 13.9. The number of hydrogen-bond donors (Lipinski definition) is 4. The summed E-state index contributed by atoms with van der Waals surface area (Å²) in [6.07, 6.45) is 4.53. The zero-order valence-corrected chi connectivity index (χ0v) is 18.8. The Bertz CT molecular complexity index is 788. The van der Waals surface area contributed by atoms with Crippen LogP contribution in [0.4, 0.5) is 0 Å². The van der Waals surface area contributed by atoms with Crippen LogP contribution in [0.1, 0.15) is 56.8 Å². The standard InChI is InChI=1S/C25H38N4/c1-7-17(3)12-13-28-20(6)23(14-26)24-16-29-25(19(24)5)22-11-9-10-21(18(22)4)15-27-8-2/h7,9-11,14,17,25-29H,1,8,12-13,15-16H2,2-6H3/b23-20+,26-14?. The van der Waals surface area contributed by atoms with Crippen molar-refractivity contribution in [1.82, 2.24) is 16.0 Å². The molecule has 0 amide bonds. The molecule has 4 N–H and O–H groups in total. The second kappa shape index (κ2) is 11.1. The van der Waals surface area contributed by atoms with E-state index in [9.17, 15) is 0 Å². The van der Waals surface area contributed by atoms with Crippen LogP contribution in [0.15, 0.2) is 53.3 Å². The number of hydrogen-bond acceptors (Lipinski definition) is 4. The van der Waals surface area contributed by atoms with Crippen molar-refractivity contribution in [3.63, 3.8) is 0 Å². The Kier molecular flexibility index (Phi) is 8.87. The van der Waals surface area contributed by atoms with E-state index in [1.54, 1.807) is 0 Å². The predicted octanol–water partition coefficient (Wildman–Crippen LogP) is 4.79. The van der Waals surface area contributed by atoms with Crippen molar-refractivity contribution in [3.05, 3.63) is 70.0 Å². The molecule has 4 heteroatoms. The van der Waals surface area contributed by atoms with Gasteiger partial charge in [-0.25, -0.2) is 0 Å². The second-order valence-electron chi connectivity index (χ2n) is 8.00. The number of nitrogens with one attached hydrogen (secondary N) is 4. The van der Waals surface area contributed by atoms with Crippen molar-refractivity contribution < 1.29 is 0 Å². The molecule has 0 bridgehead atoms. The third kappa shape index (κ3) is 5.68. The van der Waals surface area contributed by atoms with E-state index in [1.165, 1.54) is 34.1 Å². The predicted molar refractivity (Wildman–Crippen MR) is 125 cm³/mol. The molecular formula is C25H38N4. The lowest BCUT2D eigenvalue weighted by molar-refractivity contribution is 0.612. The van der Waals surface area contributed by atoms with Crippen LogP contribution in [0.5, 0.6) is 0 Å². The number of benzene rings is 1. The average molecular weight is 395 g/mol. The summed E-state index contributed by atoms with van der Waals surface area (Å²) in [5, 5.41) is 18.6. The fourth-order valence-corrected chi connectivity index (χ4v) is 3.91. The third-order valence-electron chi connectivity index (χ3n) is 6.02. The van der Waals surface area contributed by atoms with Crippen LogP contribution in [-0.2, 0) is 6.54 Å². The minimum Gasteiger partial charge on any atom is -0.388 e. The SMILES string of the molecule is C=CC(C)CCN/C(C)=C(\C=N)C1=C(C)C(c2cccc(CNCC)c2C)NC1. The molecule has 0 aromatic heterocycles. The van der Waals surface area contributed by atoms with E-state index in [-0.39, 0.29) is 6.04 Å². The van der Waals surface area contributed by atoms with Gasteiger partial charge < -0.3 is 21.4 Å². The molecular weight excluding hydrogens is 356 g/mol. The zero-order chi connectivity index (χ0) is 21.4. The molecule has 1 aromatic rings. The van der Waals surface area contributed by atoms with Gasteiger partial charge in [0.1, 0.15) is 0 Å². The first-order valence-electron chi connectivity index (χ1n) is 10.7. The third-order valence-corrected chi connectivity index (χ3v) is 6.02. The maximum Gasteiger partial charge on any atom is 0.0545 e. The summed E-state index contributed by atoms with van der Waals surface area (Å²) in [5.74, 6) is 0.495. The fourth-order valence-electron chi connectivity index (χ4n) is 3.91. The molecule has 1 aliphatic heterocycles. The van der Waals surface area contributed by atoms with Crippen LogP contribution in [0.2, 0.25) is 0 Å². The summed E-state index contributed by atoms with van der Waals surface area (Å²) in [5.41, 5.74) is 8.67. The second-order valence-corrected chi connectivity index (χ2v) is 8.00. The lowest BCUT2D eigenvalue weighted by Gasteiger charge is -2.19. The average Bonchev–Trinajstić information content (AvgIpc) is 3.08. The molecule has 0 radical (unpaired) electrons. The maximum absolute atomic E-state index is 8.01. The van der Waals surface area contributed by atoms with E-state index in [1.807, 2.05) is 6.08 Å². The molecule has 29 heavy (non-hydrogen) atoms. The molecule has 4 nitrogen and oxygen atoms in total. The zero-order valence-electron chi connectivity index (χ0n) is 18.8. The Morgan fingerprint density at radius 1 is 1.38 bits per heavy atom. The molecule has 0 spiro atoms. The first kappa shape index (κ1) is 23.1. The molecule has 2 atom stereocenters. The van der Waals surface area contributed by atoms with E-state index in [2.05, 4.69) is 75.3 Å². The number of rotatable bonds is 11. The normalized spacial score (nSPS) is 18.4. The van der Waals surface area contributed by atoms with Gasteiger partial charge in [-0.15, -0.1) is 6.58 Å². The van der Waals surface area contributed by atoms with Crippen LogP contribution in [0.3, 0.4) is 0 Å². The van der Waals surface area contributed by atoms with Gasteiger partial charge in [0.2, 0.25) is 0 Å². The topological polar surface area (TPSA) is 59.9 Å². The summed E-state index contributed by atoms with van der Waals surface area (Å²) in [6.45, 7) is 18.2. The molecule has 1 aliphatic rings. The molecule has 0 saturated heterocycles. The van der Waals surface area contributed by atoms with Crippen molar-refractivity contribution in [2.45, 2.75) is 53.6 Å². The Balaban J connectivity index is 2.26. The van der Waals surface area contributed by atoms with Crippen LogP contribution in [0, 0.1) is 18.3 Å². The number of allylic oxidation sites excluding steroid dienone is 2. The molecule has 1 aromatic carbocycles. The Morgan fingerprint density at radius 2 is 2.14 bits per heavy atom. The smallest absolute Gasteiger partial charge is 0.0545 e. The lowest BCUT2D eigenvalue weighted by Crippen LogP contribution is -2.20. The monoisotopic (exact) mass is 394 g/mol. The minimum atomic E-state index is 0.204. The van der Waals surface area contributed by atoms with Gasteiger partial charge in [0.05, 0.1) is 6.04 Å². The van der Waals surface area contributed by atoms with Gasteiger partial charge in [-0.2, -0.15) is 0 Å². The Morgan fingerprint density at radius 3 is 2.79 bits per heavy atom. The molecule has 2 rings (SSSR count). The first-order valence-corrected chi connectivity index (χ1v) is 10.7. The highest BCUT2D eigenvalue weighted by Crippen LogP contribution is 2.34. The lowest BCUT2D eigenvalue weighted by atomic mass is 9.91. The fraction of sp³-hybridized carbons (Fsp3) is 0.480. The van der Waals surface area contributed by atoms with Crippen molar-refractivity contribution in [2.75, 3.05) is 19.6 Å². The summed E-state index contributed by atoms with van der Waals surface area (Å²) in [4.78, 5) is 0. The van der Waals surface area contributed by atoms with Gasteiger partial charge >= 0.3 is 0 Å². The van der Waals surface area contributed by atoms with Gasteiger partial charge in [-0.1, -0.05) is 38.1 Å². The van der Waals surface area contributed by atoms with E-state index < -0.39 is 0 Å². The van der Waals surface area contributed by atoms with Gasteiger partial charge in [0.25, 0.3) is 0 Å². The summed E-state index contributed by atoms with van der Waals surface area (Å²) in [6, 6.07) is 6.79. The quantitative estimate of drug-likeness (QED) is 0.322. The molecule has 2 unspecified atom stereocenters. The molecule has 0 fully saturated rings. The van der Waals surface area contributed by atoms with Gasteiger partial charge in [0.15, 0.2) is 0 Å². The highest BCUT2D eigenvalue weighted by molar-refractivity contribution is 5.84. The summed E-state index contributed by atoms with van der Waals surface area (Å²) >= 11 is 0. The summed E-state index contributed by atoms with van der Waals surface area (Å²) < 4.78 is 0. The summed E-state index contributed by atoms with van der Waals surface area (Å²) in [7, 11) is 0. The molecule has 1 heterocycles. The molecule has 158 valence electrons. The van der Waals surface area contributed by atoms with E-state index in [0.29, 0.717) is 5.92 Å². The highest BCUT2D eigenvalue weighted by atomic mass is 14.9. The largest absolute Gasteiger partial charge is 0.388 e. The van der Waals surface area contributed by atoms with Crippen LogP contribution in [0.25, 0.3) is 0 Å². The van der Waals surface area contributed by atoms with Crippen LogP contribution < -0.4 is 16.0 Å².